The Morgan fingerprint density at radius 3 is 2.29 bits per heavy atom. The van der Waals surface area contributed by atoms with Gasteiger partial charge in [0.1, 0.15) is 11.6 Å². The highest BCUT2D eigenvalue weighted by molar-refractivity contribution is 6.22. The first-order valence-electron chi connectivity index (χ1n) is 9.33. The molecule has 2 aromatic rings. The summed E-state index contributed by atoms with van der Waals surface area (Å²) in [5.41, 5.74) is 1.14. The predicted octanol–water partition coefficient (Wildman–Crippen LogP) is 2.29. The van der Waals surface area contributed by atoms with Crippen molar-refractivity contribution in [3.63, 3.8) is 0 Å². The van der Waals surface area contributed by atoms with E-state index in [1.807, 2.05) is 15.9 Å². The van der Waals surface area contributed by atoms with Crippen molar-refractivity contribution in [2.45, 2.75) is 12.5 Å². The average molecular weight is 383 g/mol. The molecule has 28 heavy (non-hydrogen) atoms. The zero-order valence-corrected chi connectivity index (χ0v) is 15.7. The van der Waals surface area contributed by atoms with E-state index in [2.05, 4.69) is 0 Å². The molecule has 0 radical (unpaired) electrons. The summed E-state index contributed by atoms with van der Waals surface area (Å²) >= 11 is 0. The van der Waals surface area contributed by atoms with Gasteiger partial charge in [-0.15, -0.1) is 0 Å². The molecule has 7 heteroatoms. The van der Waals surface area contributed by atoms with Crippen LogP contribution in [0.2, 0.25) is 0 Å². The van der Waals surface area contributed by atoms with Gasteiger partial charge in [-0.25, -0.2) is 9.29 Å². The van der Waals surface area contributed by atoms with Crippen molar-refractivity contribution >= 4 is 23.2 Å². The molecule has 0 N–H and O–H groups in total. The van der Waals surface area contributed by atoms with Gasteiger partial charge in [-0.3, -0.25) is 14.5 Å². The van der Waals surface area contributed by atoms with Crippen LogP contribution in [0.25, 0.3) is 0 Å². The molecular weight excluding hydrogens is 361 g/mol. The van der Waals surface area contributed by atoms with Crippen LogP contribution in [-0.2, 0) is 9.59 Å². The Morgan fingerprint density at radius 2 is 1.64 bits per heavy atom. The molecule has 0 saturated carbocycles. The number of halogens is 1. The molecular formula is C21H22FN3O3. The van der Waals surface area contributed by atoms with Gasteiger partial charge in [0.2, 0.25) is 5.91 Å². The topological polar surface area (TPSA) is 53.1 Å². The van der Waals surface area contributed by atoms with Gasteiger partial charge in [-0.2, -0.15) is 0 Å². The van der Waals surface area contributed by atoms with Crippen molar-refractivity contribution in [3.05, 3.63) is 54.3 Å². The molecule has 1 atom stereocenters. The van der Waals surface area contributed by atoms with Crippen molar-refractivity contribution < 1.29 is 18.7 Å². The highest BCUT2D eigenvalue weighted by Crippen LogP contribution is 2.28. The zero-order valence-electron chi connectivity index (χ0n) is 15.7. The van der Waals surface area contributed by atoms with E-state index in [4.69, 9.17) is 4.74 Å². The Labute approximate surface area is 163 Å². The van der Waals surface area contributed by atoms with Gasteiger partial charge in [0, 0.05) is 26.2 Å². The Balaban J connectivity index is 1.44. The Bertz CT molecular complexity index is 879. The van der Waals surface area contributed by atoms with Crippen LogP contribution in [0.5, 0.6) is 5.75 Å². The lowest BCUT2D eigenvalue weighted by Crippen LogP contribution is -2.52. The van der Waals surface area contributed by atoms with Crippen LogP contribution in [0.4, 0.5) is 15.8 Å². The van der Waals surface area contributed by atoms with E-state index in [1.54, 1.807) is 43.5 Å². The molecule has 2 aromatic carbocycles. The van der Waals surface area contributed by atoms with Crippen LogP contribution in [0, 0.1) is 5.82 Å². The number of carbonyl (C=O) groups excluding carboxylic acids is 2. The molecule has 4 rings (SSSR count). The first kappa shape index (κ1) is 18.4. The SMILES string of the molecule is COc1ccc(N2C(=O)C[C@H](N3CCN(c4ccccc4F)CC3)C2=O)cc1. The quantitative estimate of drug-likeness (QED) is 0.759. The summed E-state index contributed by atoms with van der Waals surface area (Å²) in [4.78, 5) is 30.7. The highest BCUT2D eigenvalue weighted by Gasteiger charge is 2.43. The predicted molar refractivity (Wildman–Crippen MR) is 104 cm³/mol. The fourth-order valence-electron chi connectivity index (χ4n) is 3.89. The third-order valence-corrected chi connectivity index (χ3v) is 5.40. The molecule has 0 aromatic heterocycles. The summed E-state index contributed by atoms with van der Waals surface area (Å²) < 4.78 is 19.1. The molecule has 6 nitrogen and oxygen atoms in total. The molecule has 2 aliphatic heterocycles. The molecule has 0 unspecified atom stereocenters. The maximum atomic E-state index is 14.0. The maximum Gasteiger partial charge on any atom is 0.251 e. The number of hydrogen-bond donors (Lipinski definition) is 0. The number of hydrogen-bond acceptors (Lipinski definition) is 5. The summed E-state index contributed by atoms with van der Waals surface area (Å²) in [5, 5.41) is 0. The van der Waals surface area contributed by atoms with Crippen LogP contribution < -0.4 is 14.5 Å². The molecule has 0 bridgehead atoms. The van der Waals surface area contributed by atoms with Gasteiger partial charge in [0.15, 0.2) is 0 Å². The smallest absolute Gasteiger partial charge is 0.251 e. The number of methoxy groups -OCH3 is 1. The zero-order chi connectivity index (χ0) is 19.7. The third-order valence-electron chi connectivity index (χ3n) is 5.40. The summed E-state index contributed by atoms with van der Waals surface area (Å²) in [6.07, 6.45) is 0.171. The lowest BCUT2D eigenvalue weighted by Gasteiger charge is -2.38. The summed E-state index contributed by atoms with van der Waals surface area (Å²) in [7, 11) is 1.57. The molecule has 2 heterocycles. The Hall–Kier alpha value is -2.93. The van der Waals surface area contributed by atoms with Gasteiger partial charge < -0.3 is 9.64 Å². The van der Waals surface area contributed by atoms with Gasteiger partial charge in [0.05, 0.1) is 30.9 Å². The number of para-hydroxylation sites is 1. The lowest BCUT2D eigenvalue weighted by atomic mass is 10.1. The third kappa shape index (κ3) is 3.33. The van der Waals surface area contributed by atoms with E-state index in [0.29, 0.717) is 43.3 Å². The lowest BCUT2D eigenvalue weighted by molar-refractivity contribution is -0.123. The fourth-order valence-corrected chi connectivity index (χ4v) is 3.89. The largest absolute Gasteiger partial charge is 0.497 e. The normalized spacial score (nSPS) is 20.7. The molecule has 0 aliphatic carbocycles. The summed E-state index contributed by atoms with van der Waals surface area (Å²) in [6, 6.07) is 13.1. The minimum atomic E-state index is -0.461. The molecule has 2 amide bonds. The van der Waals surface area contributed by atoms with Crippen LogP contribution in [0.3, 0.4) is 0 Å². The Morgan fingerprint density at radius 1 is 0.964 bits per heavy atom. The number of imide groups is 1. The van der Waals surface area contributed by atoms with Crippen LogP contribution in [0.1, 0.15) is 6.42 Å². The first-order chi connectivity index (χ1) is 13.6. The molecule has 2 fully saturated rings. The van der Waals surface area contributed by atoms with Crippen molar-refractivity contribution in [2.24, 2.45) is 0 Å². The van der Waals surface area contributed by atoms with E-state index >= 15 is 0 Å². The van der Waals surface area contributed by atoms with E-state index in [0.717, 1.165) is 0 Å². The van der Waals surface area contributed by atoms with Gasteiger partial charge in [-0.05, 0) is 36.4 Å². The van der Waals surface area contributed by atoms with Crippen molar-refractivity contribution in [3.8, 4) is 5.75 Å². The van der Waals surface area contributed by atoms with Crippen LogP contribution in [-0.4, -0.2) is 56.0 Å². The second-order valence-electron chi connectivity index (χ2n) is 6.96. The van der Waals surface area contributed by atoms with Gasteiger partial charge in [0.25, 0.3) is 5.91 Å². The summed E-state index contributed by atoms with van der Waals surface area (Å²) in [5.74, 6) is 0.0311. The second-order valence-corrected chi connectivity index (χ2v) is 6.96. The maximum absolute atomic E-state index is 14.0. The highest BCUT2D eigenvalue weighted by atomic mass is 19.1. The number of benzene rings is 2. The van der Waals surface area contributed by atoms with E-state index in [-0.39, 0.29) is 24.1 Å². The van der Waals surface area contributed by atoms with Crippen molar-refractivity contribution in [1.82, 2.24) is 4.90 Å². The van der Waals surface area contributed by atoms with Crippen molar-refractivity contribution in [1.29, 1.82) is 0 Å². The molecule has 0 spiro atoms. The molecule has 146 valence electrons. The Kier molecular flexibility index (Phi) is 5.00. The molecule has 2 saturated heterocycles. The number of amides is 2. The van der Waals surface area contributed by atoms with Crippen molar-refractivity contribution in [2.75, 3.05) is 43.1 Å². The number of ether oxygens (including phenoxy) is 1. The second kappa shape index (κ2) is 7.59. The minimum Gasteiger partial charge on any atom is -0.497 e. The monoisotopic (exact) mass is 383 g/mol. The van der Waals surface area contributed by atoms with E-state index in [9.17, 15) is 14.0 Å². The van der Waals surface area contributed by atoms with Crippen LogP contribution >= 0.6 is 0 Å². The van der Waals surface area contributed by atoms with Crippen LogP contribution in [0.15, 0.2) is 48.5 Å². The fraction of sp³-hybridized carbons (Fsp3) is 0.333. The van der Waals surface area contributed by atoms with E-state index < -0.39 is 6.04 Å². The number of rotatable bonds is 4. The first-order valence-corrected chi connectivity index (χ1v) is 9.33. The average Bonchev–Trinajstić information content (AvgIpc) is 3.03. The van der Waals surface area contributed by atoms with Gasteiger partial charge >= 0.3 is 0 Å². The van der Waals surface area contributed by atoms with E-state index in [1.165, 1.54) is 11.0 Å². The number of nitrogens with zero attached hydrogens (tertiary/aromatic N) is 3. The standard InChI is InChI=1S/C21H22FN3O3/c1-28-16-8-6-15(7-9-16)25-20(26)14-19(21(25)27)24-12-10-23(11-13-24)18-5-3-2-4-17(18)22/h2-9,19H,10-14H2,1H3/t19-/m0/s1. The number of carbonyl (C=O) groups is 2. The molecule has 2 aliphatic rings. The van der Waals surface area contributed by atoms with Gasteiger partial charge in [-0.1, -0.05) is 12.1 Å². The number of piperazine rings is 1. The number of anilines is 2. The summed E-state index contributed by atoms with van der Waals surface area (Å²) in [6.45, 7) is 2.44. The minimum absolute atomic E-state index is 0.171.